The molecular weight excluding hydrogens is 298 g/mol. The first kappa shape index (κ1) is 16.5. The average Bonchev–Trinajstić information content (AvgIpc) is 2.88. The predicted molar refractivity (Wildman–Crippen MR) is 97.9 cm³/mol. The van der Waals surface area contributed by atoms with Crippen LogP contribution in [0.1, 0.15) is 52.7 Å². The molecule has 0 saturated heterocycles. The van der Waals surface area contributed by atoms with Crippen LogP contribution in [0, 0.1) is 0 Å². The lowest BCUT2D eigenvalue weighted by Gasteiger charge is -2.28. The molecule has 1 aromatic heterocycles. The number of rotatable bonds is 1. The van der Waals surface area contributed by atoms with Gasteiger partial charge in [-0.3, -0.25) is 0 Å². The summed E-state index contributed by atoms with van der Waals surface area (Å²) in [6.07, 6.45) is 0. The van der Waals surface area contributed by atoms with Crippen LogP contribution >= 0.6 is 0 Å². The Balaban J connectivity index is 2.28. The fourth-order valence-corrected chi connectivity index (χ4v) is 2.85. The molecule has 1 heterocycles. The zero-order valence-corrected chi connectivity index (χ0v) is 15.3. The van der Waals surface area contributed by atoms with E-state index in [2.05, 4.69) is 51.7 Å². The van der Waals surface area contributed by atoms with Crippen LogP contribution in [0.25, 0.3) is 16.7 Å². The lowest BCUT2D eigenvalue weighted by molar-refractivity contribution is 0.422. The highest BCUT2D eigenvalue weighted by molar-refractivity contribution is 5.73. The Labute approximate surface area is 143 Å². The largest absolute Gasteiger partial charge is 0.507 e. The van der Waals surface area contributed by atoms with Crippen LogP contribution in [-0.4, -0.2) is 20.1 Å². The van der Waals surface area contributed by atoms with E-state index in [1.807, 2.05) is 36.4 Å². The second-order valence-corrected chi connectivity index (χ2v) is 8.37. The molecule has 0 radical (unpaired) electrons. The van der Waals surface area contributed by atoms with E-state index < -0.39 is 0 Å². The van der Waals surface area contributed by atoms with Crippen LogP contribution in [0.5, 0.6) is 5.75 Å². The van der Waals surface area contributed by atoms with Crippen molar-refractivity contribution in [2.75, 3.05) is 0 Å². The molecule has 0 unspecified atom stereocenters. The molecule has 1 N–H and O–H groups in total. The Hall–Kier alpha value is -2.36. The van der Waals surface area contributed by atoms with Gasteiger partial charge in [0.25, 0.3) is 0 Å². The second kappa shape index (κ2) is 5.33. The third kappa shape index (κ3) is 2.88. The Morgan fingerprint density at radius 1 is 0.792 bits per heavy atom. The van der Waals surface area contributed by atoms with Gasteiger partial charge in [0.15, 0.2) is 0 Å². The van der Waals surface area contributed by atoms with Crippen molar-refractivity contribution in [1.29, 1.82) is 0 Å². The smallest absolute Gasteiger partial charge is 0.123 e. The molecule has 0 fully saturated rings. The summed E-state index contributed by atoms with van der Waals surface area (Å²) in [4.78, 5) is 1.66. The summed E-state index contributed by atoms with van der Waals surface area (Å²) in [5, 5.41) is 20.0. The first-order valence-corrected chi connectivity index (χ1v) is 8.28. The molecule has 0 amide bonds. The van der Waals surface area contributed by atoms with Crippen molar-refractivity contribution in [2.45, 2.75) is 52.4 Å². The Morgan fingerprint density at radius 3 is 1.58 bits per heavy atom. The van der Waals surface area contributed by atoms with Crippen LogP contribution in [-0.2, 0) is 10.8 Å². The van der Waals surface area contributed by atoms with E-state index >= 15 is 0 Å². The number of aromatic nitrogens is 3. The van der Waals surface area contributed by atoms with Crippen molar-refractivity contribution in [3.8, 4) is 11.4 Å². The van der Waals surface area contributed by atoms with E-state index in [0.29, 0.717) is 5.75 Å². The van der Waals surface area contributed by atoms with Gasteiger partial charge in [0.1, 0.15) is 16.8 Å². The summed E-state index contributed by atoms with van der Waals surface area (Å²) in [6.45, 7) is 12.6. The maximum Gasteiger partial charge on any atom is 0.123 e. The van der Waals surface area contributed by atoms with Crippen LogP contribution in [0.2, 0.25) is 0 Å². The number of nitrogens with zero attached hydrogens (tertiary/aromatic N) is 3. The number of benzene rings is 2. The SMILES string of the molecule is CC(C)(C)c1cc(-n2nc3ccccc3n2)cc(C(C)(C)C)c1O. The number of aromatic hydroxyl groups is 1. The van der Waals surface area contributed by atoms with Gasteiger partial charge in [-0.15, -0.1) is 10.2 Å². The molecule has 0 aliphatic rings. The van der Waals surface area contributed by atoms with Crippen LogP contribution < -0.4 is 0 Å². The van der Waals surface area contributed by atoms with Crippen molar-refractivity contribution in [3.05, 3.63) is 47.5 Å². The molecule has 0 aliphatic carbocycles. The molecule has 126 valence electrons. The standard InChI is InChI=1S/C20H25N3O/c1-19(2,3)14-11-13(12-15(18(14)24)20(4,5)6)23-21-16-9-7-8-10-17(16)22-23/h7-12,24H,1-6H3. The molecule has 4 heteroatoms. The molecule has 0 bridgehead atoms. The molecule has 0 aliphatic heterocycles. The van der Waals surface area contributed by atoms with Crippen molar-refractivity contribution in [2.24, 2.45) is 0 Å². The highest BCUT2D eigenvalue weighted by Crippen LogP contribution is 2.40. The van der Waals surface area contributed by atoms with Crippen molar-refractivity contribution < 1.29 is 5.11 Å². The number of hydrogen-bond donors (Lipinski definition) is 1. The Kier molecular flexibility index (Phi) is 3.67. The zero-order chi connectivity index (χ0) is 17.7. The summed E-state index contributed by atoms with van der Waals surface area (Å²) in [5.41, 5.74) is 4.07. The second-order valence-electron chi connectivity index (χ2n) is 8.37. The van der Waals surface area contributed by atoms with Crippen molar-refractivity contribution in [3.63, 3.8) is 0 Å². The van der Waals surface area contributed by atoms with Gasteiger partial charge in [0.2, 0.25) is 0 Å². The monoisotopic (exact) mass is 323 g/mol. The maximum absolute atomic E-state index is 10.8. The van der Waals surface area contributed by atoms with Gasteiger partial charge < -0.3 is 5.11 Å². The number of phenols is 1. The Bertz CT molecular complexity index is 827. The van der Waals surface area contributed by atoms with E-state index in [1.165, 1.54) is 0 Å². The lowest BCUT2D eigenvalue weighted by atomic mass is 9.79. The summed E-state index contributed by atoms with van der Waals surface area (Å²) in [5.74, 6) is 0.371. The third-order valence-corrected chi connectivity index (χ3v) is 4.23. The van der Waals surface area contributed by atoms with E-state index in [1.54, 1.807) is 4.80 Å². The van der Waals surface area contributed by atoms with E-state index in [0.717, 1.165) is 27.8 Å². The minimum absolute atomic E-state index is 0.174. The van der Waals surface area contributed by atoms with Crippen LogP contribution in [0.15, 0.2) is 36.4 Å². The number of fused-ring (bicyclic) bond motifs is 1. The maximum atomic E-state index is 10.8. The first-order valence-electron chi connectivity index (χ1n) is 8.28. The molecule has 3 aromatic rings. The molecule has 0 atom stereocenters. The van der Waals surface area contributed by atoms with Gasteiger partial charge in [-0.05, 0) is 35.1 Å². The number of phenolic OH excluding ortho intramolecular Hbond substituents is 1. The van der Waals surface area contributed by atoms with Crippen molar-refractivity contribution >= 4 is 11.0 Å². The molecule has 24 heavy (non-hydrogen) atoms. The summed E-state index contributed by atoms with van der Waals surface area (Å²) in [6, 6.07) is 11.8. The molecular formula is C20H25N3O. The summed E-state index contributed by atoms with van der Waals surface area (Å²) >= 11 is 0. The fourth-order valence-electron chi connectivity index (χ4n) is 2.85. The van der Waals surface area contributed by atoms with Crippen LogP contribution in [0.4, 0.5) is 0 Å². The summed E-state index contributed by atoms with van der Waals surface area (Å²) in [7, 11) is 0. The van der Waals surface area contributed by atoms with Gasteiger partial charge in [0.05, 0.1) is 5.69 Å². The van der Waals surface area contributed by atoms with Gasteiger partial charge >= 0.3 is 0 Å². The van der Waals surface area contributed by atoms with Crippen LogP contribution in [0.3, 0.4) is 0 Å². The minimum atomic E-state index is -0.174. The molecule has 2 aromatic carbocycles. The normalized spacial score (nSPS) is 12.8. The van der Waals surface area contributed by atoms with Gasteiger partial charge in [-0.2, -0.15) is 4.80 Å². The molecule has 0 saturated carbocycles. The molecule has 3 rings (SSSR count). The molecule has 4 nitrogen and oxygen atoms in total. The van der Waals surface area contributed by atoms with E-state index in [-0.39, 0.29) is 10.8 Å². The molecule has 0 spiro atoms. The first-order chi connectivity index (χ1) is 11.1. The van der Waals surface area contributed by atoms with Gasteiger partial charge in [-0.25, -0.2) is 0 Å². The highest BCUT2D eigenvalue weighted by Gasteiger charge is 2.27. The third-order valence-electron chi connectivity index (χ3n) is 4.23. The lowest BCUT2D eigenvalue weighted by Crippen LogP contribution is -2.18. The average molecular weight is 323 g/mol. The number of hydrogen-bond acceptors (Lipinski definition) is 3. The quantitative estimate of drug-likeness (QED) is 0.705. The minimum Gasteiger partial charge on any atom is -0.507 e. The Morgan fingerprint density at radius 2 is 1.21 bits per heavy atom. The fraction of sp³-hybridized carbons (Fsp3) is 0.400. The highest BCUT2D eigenvalue weighted by atomic mass is 16.3. The summed E-state index contributed by atoms with van der Waals surface area (Å²) < 4.78 is 0. The predicted octanol–water partition coefficient (Wildman–Crippen LogP) is 4.72. The van der Waals surface area contributed by atoms with E-state index in [4.69, 9.17) is 0 Å². The van der Waals surface area contributed by atoms with E-state index in [9.17, 15) is 5.11 Å². The van der Waals surface area contributed by atoms with Gasteiger partial charge in [0, 0.05) is 11.1 Å². The van der Waals surface area contributed by atoms with Crippen molar-refractivity contribution in [1.82, 2.24) is 15.0 Å². The van der Waals surface area contributed by atoms with Gasteiger partial charge in [-0.1, -0.05) is 53.7 Å². The topological polar surface area (TPSA) is 50.9 Å². The zero-order valence-electron chi connectivity index (χ0n) is 15.3.